The van der Waals surface area contributed by atoms with Crippen LogP contribution in [0.4, 0.5) is 0 Å². The molecule has 0 unspecified atom stereocenters. The van der Waals surface area contributed by atoms with E-state index in [-0.39, 0.29) is 34.1 Å². The Balaban J connectivity index is 0. The minimum atomic E-state index is 0. The monoisotopic (exact) mass is 314 g/mol. The zero-order valence-electron chi connectivity index (χ0n) is 9.95. The normalized spacial score (nSPS) is 22.1. The first-order chi connectivity index (χ1) is 6.79. The number of hydrogen-bond acceptors (Lipinski definition) is 2. The smallest absolute Gasteiger partial charge is 0.789 e. The van der Waals surface area contributed by atoms with Gasteiger partial charge < -0.3 is 25.3 Å². The van der Waals surface area contributed by atoms with Crippen LogP contribution in [-0.4, -0.2) is 10.5 Å². The molecule has 2 rings (SSSR count). The Hall–Kier alpha value is 1.70. The van der Waals surface area contributed by atoms with Gasteiger partial charge in [0, 0.05) is 0 Å². The molecular weight excluding hydrogens is 292 g/mol. The molecule has 4 heteroatoms. The van der Waals surface area contributed by atoms with Crippen molar-refractivity contribution in [1.82, 2.24) is 0 Å². The van der Waals surface area contributed by atoms with Crippen molar-refractivity contribution >= 4 is 37.7 Å². The predicted octanol–water partition coefficient (Wildman–Crippen LogP) is 4.15. The van der Waals surface area contributed by atoms with Crippen molar-refractivity contribution in [2.45, 2.75) is 74.7 Å². The fourth-order valence-corrected chi connectivity index (χ4v) is 2.80. The van der Waals surface area contributed by atoms with Crippen molar-refractivity contribution in [2.24, 2.45) is 0 Å². The molecule has 0 N–H and O–H groups in total. The van der Waals surface area contributed by atoms with Crippen LogP contribution in [0.15, 0.2) is 0 Å². The topological polar surface area (TPSA) is 0 Å². The predicted molar refractivity (Wildman–Crippen MR) is 75.7 cm³/mol. The van der Waals surface area contributed by atoms with E-state index in [0.717, 1.165) is 0 Å². The van der Waals surface area contributed by atoms with Crippen LogP contribution < -0.4 is 0 Å². The van der Waals surface area contributed by atoms with Crippen molar-refractivity contribution in [3.05, 3.63) is 0 Å². The van der Waals surface area contributed by atoms with E-state index in [1.807, 2.05) is 0 Å². The molecule has 2 aliphatic carbocycles. The minimum Gasteiger partial charge on any atom is -0.789 e. The molecule has 0 nitrogen and oxygen atoms in total. The number of rotatable bonds is 0. The first-order valence-corrected chi connectivity index (χ1v) is 7.05. The van der Waals surface area contributed by atoms with E-state index in [4.69, 9.17) is 25.3 Å². The Labute approximate surface area is 133 Å². The SMILES string of the molecule is Cl.[S-]C1CCCCC1.[S-]C1CCCCC1.[Ti+2]. The Kier molecular flexibility index (Phi) is 16.5. The summed E-state index contributed by atoms with van der Waals surface area (Å²) in [7, 11) is 0. The average molecular weight is 315 g/mol. The first-order valence-electron chi connectivity index (χ1n) is 6.10. The molecule has 0 aliphatic heterocycles. The second-order valence-electron chi connectivity index (χ2n) is 4.52. The molecule has 2 saturated carbocycles. The molecule has 0 saturated heterocycles. The van der Waals surface area contributed by atoms with E-state index in [2.05, 4.69) is 0 Å². The summed E-state index contributed by atoms with van der Waals surface area (Å²) in [4.78, 5) is 0. The van der Waals surface area contributed by atoms with Crippen molar-refractivity contribution in [3.63, 3.8) is 0 Å². The third kappa shape index (κ3) is 10.8. The van der Waals surface area contributed by atoms with E-state index in [1.165, 1.54) is 64.2 Å². The van der Waals surface area contributed by atoms with Gasteiger partial charge in [0.15, 0.2) is 0 Å². The Morgan fingerprint density at radius 3 is 0.938 bits per heavy atom. The molecular formula is C12H23ClS2Ti. The van der Waals surface area contributed by atoms with Crippen LogP contribution >= 0.6 is 12.4 Å². The standard InChI is InChI=1S/2C6H12S.ClH.Ti/c2*7-6-4-2-1-3-5-6;;/h2*6-7H,1-5H2;1H;/q;;;+2/p-2. The van der Waals surface area contributed by atoms with Crippen molar-refractivity contribution in [3.8, 4) is 0 Å². The van der Waals surface area contributed by atoms with Crippen molar-refractivity contribution < 1.29 is 21.7 Å². The summed E-state index contributed by atoms with van der Waals surface area (Å²) in [6.07, 6.45) is 13.6. The molecule has 0 bridgehead atoms. The fourth-order valence-electron chi connectivity index (χ4n) is 2.13. The van der Waals surface area contributed by atoms with Crippen LogP contribution in [0.25, 0.3) is 0 Å². The van der Waals surface area contributed by atoms with Gasteiger partial charge in [0.1, 0.15) is 0 Å². The molecule has 16 heavy (non-hydrogen) atoms. The van der Waals surface area contributed by atoms with Crippen LogP contribution in [-0.2, 0) is 47.0 Å². The van der Waals surface area contributed by atoms with Crippen molar-refractivity contribution in [1.29, 1.82) is 0 Å². The maximum atomic E-state index is 5.09. The van der Waals surface area contributed by atoms with Crippen LogP contribution in [0.3, 0.4) is 0 Å². The maximum Gasteiger partial charge on any atom is 2.00 e. The molecule has 0 aromatic rings. The second kappa shape index (κ2) is 13.1. The van der Waals surface area contributed by atoms with Gasteiger partial charge in [-0.2, -0.15) is 10.5 Å². The van der Waals surface area contributed by atoms with Gasteiger partial charge in [0.05, 0.1) is 0 Å². The summed E-state index contributed by atoms with van der Waals surface area (Å²) in [5.41, 5.74) is 0. The van der Waals surface area contributed by atoms with E-state index in [1.54, 1.807) is 0 Å². The van der Waals surface area contributed by atoms with Gasteiger partial charge in [0.25, 0.3) is 0 Å². The quantitative estimate of drug-likeness (QED) is 0.486. The van der Waals surface area contributed by atoms with Crippen LogP contribution in [0.1, 0.15) is 64.2 Å². The van der Waals surface area contributed by atoms with E-state index < -0.39 is 0 Å². The van der Waals surface area contributed by atoms with Gasteiger partial charge in [-0.05, 0) is 0 Å². The number of halogens is 1. The summed E-state index contributed by atoms with van der Waals surface area (Å²) >= 11 is 10.2. The Bertz CT molecular complexity index is 119. The van der Waals surface area contributed by atoms with Gasteiger partial charge in [-0.1, -0.05) is 64.2 Å². The first kappa shape index (κ1) is 20.0. The van der Waals surface area contributed by atoms with Gasteiger partial charge in [0.2, 0.25) is 0 Å². The molecule has 0 radical (unpaired) electrons. The zero-order valence-corrected chi connectivity index (χ0v) is 14.0. The molecule has 94 valence electrons. The summed E-state index contributed by atoms with van der Waals surface area (Å²) in [5, 5.41) is 1.24. The average Bonchev–Trinajstić information content (AvgIpc) is 2.21. The summed E-state index contributed by atoms with van der Waals surface area (Å²) in [5.74, 6) is 0. The zero-order chi connectivity index (χ0) is 10.2. The fraction of sp³-hybridized carbons (Fsp3) is 1.00. The molecule has 2 aliphatic rings. The third-order valence-corrected chi connectivity index (χ3v) is 4.05. The third-order valence-electron chi connectivity index (χ3n) is 3.10. The van der Waals surface area contributed by atoms with Crippen LogP contribution in [0, 0.1) is 0 Å². The minimum absolute atomic E-state index is 0. The Morgan fingerprint density at radius 1 is 0.562 bits per heavy atom. The molecule has 2 fully saturated rings. The van der Waals surface area contributed by atoms with Crippen LogP contribution in [0.5, 0.6) is 0 Å². The molecule has 0 heterocycles. The van der Waals surface area contributed by atoms with Gasteiger partial charge in [-0.25, -0.2) is 0 Å². The molecule has 0 aromatic carbocycles. The molecule has 0 atom stereocenters. The van der Waals surface area contributed by atoms with E-state index in [9.17, 15) is 0 Å². The summed E-state index contributed by atoms with van der Waals surface area (Å²) in [6.45, 7) is 0. The van der Waals surface area contributed by atoms with Gasteiger partial charge in [-0.3, -0.25) is 0 Å². The number of hydrogen-bond donors (Lipinski definition) is 0. The van der Waals surface area contributed by atoms with Crippen molar-refractivity contribution in [2.75, 3.05) is 0 Å². The Morgan fingerprint density at radius 2 is 0.812 bits per heavy atom. The van der Waals surface area contributed by atoms with E-state index >= 15 is 0 Å². The van der Waals surface area contributed by atoms with Crippen LogP contribution in [0.2, 0.25) is 0 Å². The van der Waals surface area contributed by atoms with Gasteiger partial charge in [-0.15, -0.1) is 12.4 Å². The van der Waals surface area contributed by atoms with Gasteiger partial charge >= 0.3 is 21.7 Å². The summed E-state index contributed by atoms with van der Waals surface area (Å²) < 4.78 is 0. The largest absolute Gasteiger partial charge is 2.00 e. The summed E-state index contributed by atoms with van der Waals surface area (Å²) in [6, 6.07) is 0. The molecule has 0 aromatic heterocycles. The van der Waals surface area contributed by atoms with E-state index in [0.29, 0.717) is 10.5 Å². The molecule has 0 spiro atoms. The second-order valence-corrected chi connectivity index (χ2v) is 5.85. The maximum absolute atomic E-state index is 5.09. The molecule has 0 amide bonds.